The van der Waals surface area contributed by atoms with Gasteiger partial charge in [-0.2, -0.15) is 0 Å². The van der Waals surface area contributed by atoms with Gasteiger partial charge >= 0.3 is 0 Å². The fraction of sp³-hybridized carbons (Fsp3) is 0.348. The van der Waals surface area contributed by atoms with Crippen LogP contribution in [0.1, 0.15) is 34.8 Å². The standard InChI is InChI=1S/C23H28N4O3S2/c1-4-14-27-22(20-7-5-6-17(2)15-20)25-26-23(27)31-16-21(28)19-10-8-18(9-11-19)12-13-24-32(3,29)30/h5-11,15,24H,4,12-14,16H2,1-3H3. The van der Waals surface area contributed by atoms with Crippen molar-refractivity contribution >= 4 is 27.6 Å². The number of sulfonamides is 1. The number of aromatic nitrogens is 3. The molecule has 0 saturated carbocycles. The van der Waals surface area contributed by atoms with Gasteiger partial charge in [0.15, 0.2) is 16.8 Å². The van der Waals surface area contributed by atoms with Crippen LogP contribution in [0.2, 0.25) is 0 Å². The van der Waals surface area contributed by atoms with Crippen LogP contribution in [0.3, 0.4) is 0 Å². The molecule has 3 rings (SSSR count). The molecule has 0 amide bonds. The van der Waals surface area contributed by atoms with Gasteiger partial charge in [0.1, 0.15) is 0 Å². The number of nitrogens with zero attached hydrogens (tertiary/aromatic N) is 3. The first-order valence-corrected chi connectivity index (χ1v) is 13.3. The topological polar surface area (TPSA) is 94.0 Å². The lowest BCUT2D eigenvalue weighted by atomic mass is 10.1. The van der Waals surface area contributed by atoms with Gasteiger partial charge in [0.25, 0.3) is 0 Å². The van der Waals surface area contributed by atoms with Crippen LogP contribution >= 0.6 is 11.8 Å². The zero-order valence-corrected chi connectivity index (χ0v) is 20.2. The molecule has 3 aromatic rings. The van der Waals surface area contributed by atoms with Crippen LogP contribution in [0.5, 0.6) is 0 Å². The van der Waals surface area contributed by atoms with Gasteiger partial charge in [-0.25, -0.2) is 13.1 Å². The second-order valence-corrected chi connectivity index (χ2v) is 10.4. The summed E-state index contributed by atoms with van der Waals surface area (Å²) in [6, 6.07) is 15.5. The maximum atomic E-state index is 12.7. The Kier molecular flexibility index (Phi) is 8.22. The average Bonchev–Trinajstić information content (AvgIpc) is 3.14. The van der Waals surface area contributed by atoms with Gasteiger partial charge in [-0.05, 0) is 31.4 Å². The molecule has 0 fully saturated rings. The number of hydrogen-bond acceptors (Lipinski definition) is 6. The molecule has 0 saturated heterocycles. The molecule has 0 spiro atoms. The third-order valence-corrected chi connectivity index (χ3v) is 6.52. The largest absolute Gasteiger partial charge is 0.302 e. The fourth-order valence-corrected chi connectivity index (χ4v) is 4.60. The number of ketones is 1. The Morgan fingerprint density at radius 1 is 1.12 bits per heavy atom. The van der Waals surface area contributed by atoms with E-state index in [0.717, 1.165) is 46.9 Å². The zero-order valence-electron chi connectivity index (χ0n) is 18.5. The first-order chi connectivity index (χ1) is 15.3. The molecular formula is C23H28N4O3S2. The second kappa shape index (κ2) is 10.9. The molecule has 32 heavy (non-hydrogen) atoms. The zero-order chi connectivity index (χ0) is 23.1. The van der Waals surface area contributed by atoms with E-state index in [1.807, 2.05) is 37.3 Å². The number of benzene rings is 2. The predicted molar refractivity (Wildman–Crippen MR) is 129 cm³/mol. The predicted octanol–water partition coefficient (Wildman–Crippen LogP) is 3.73. The van der Waals surface area contributed by atoms with Gasteiger partial charge in [0.2, 0.25) is 10.0 Å². The van der Waals surface area contributed by atoms with Crippen molar-refractivity contribution in [2.45, 2.75) is 38.4 Å². The Hall–Kier alpha value is -2.49. The third-order valence-electron chi connectivity index (χ3n) is 4.83. The lowest BCUT2D eigenvalue weighted by Gasteiger charge is -2.09. The number of aryl methyl sites for hydroxylation is 1. The van der Waals surface area contributed by atoms with E-state index in [1.54, 1.807) is 12.1 Å². The quantitative estimate of drug-likeness (QED) is 0.338. The molecule has 2 aromatic carbocycles. The van der Waals surface area contributed by atoms with Crippen molar-refractivity contribution < 1.29 is 13.2 Å². The van der Waals surface area contributed by atoms with Gasteiger partial charge in [-0.1, -0.05) is 66.7 Å². The molecule has 0 radical (unpaired) electrons. The Labute approximate surface area is 193 Å². The van der Waals surface area contributed by atoms with Crippen LogP contribution < -0.4 is 4.72 Å². The lowest BCUT2D eigenvalue weighted by Crippen LogP contribution is -2.24. The molecule has 170 valence electrons. The Balaban J connectivity index is 1.64. The summed E-state index contributed by atoms with van der Waals surface area (Å²) in [4.78, 5) is 12.7. The minimum absolute atomic E-state index is 0.0129. The van der Waals surface area contributed by atoms with E-state index in [2.05, 4.69) is 32.5 Å². The highest BCUT2D eigenvalue weighted by atomic mass is 32.2. The highest BCUT2D eigenvalue weighted by molar-refractivity contribution is 7.99. The summed E-state index contributed by atoms with van der Waals surface area (Å²) in [6.07, 6.45) is 2.64. The highest BCUT2D eigenvalue weighted by Gasteiger charge is 2.16. The van der Waals surface area contributed by atoms with Gasteiger partial charge < -0.3 is 4.57 Å². The molecule has 0 atom stereocenters. The number of rotatable bonds is 11. The monoisotopic (exact) mass is 472 g/mol. The molecule has 0 aliphatic rings. The van der Waals surface area contributed by atoms with E-state index in [-0.39, 0.29) is 11.5 Å². The number of Topliss-reactive ketones (excluding diaryl/α,β-unsaturated/α-hetero) is 1. The molecule has 7 nitrogen and oxygen atoms in total. The number of carbonyl (C=O) groups excluding carboxylic acids is 1. The van der Waals surface area contributed by atoms with E-state index in [0.29, 0.717) is 18.5 Å². The van der Waals surface area contributed by atoms with Crippen molar-refractivity contribution in [3.05, 3.63) is 65.2 Å². The van der Waals surface area contributed by atoms with Crippen LogP contribution in [0, 0.1) is 6.92 Å². The summed E-state index contributed by atoms with van der Waals surface area (Å²) in [5.41, 5.74) is 3.77. The SMILES string of the molecule is CCCn1c(SCC(=O)c2ccc(CCNS(C)(=O)=O)cc2)nnc1-c1cccc(C)c1. The van der Waals surface area contributed by atoms with Crippen LogP contribution in [-0.4, -0.2) is 47.5 Å². The smallest absolute Gasteiger partial charge is 0.208 e. The molecule has 9 heteroatoms. The average molecular weight is 473 g/mol. The van der Waals surface area contributed by atoms with Crippen LogP contribution in [-0.2, 0) is 23.0 Å². The summed E-state index contributed by atoms with van der Waals surface area (Å²) in [5.74, 6) is 1.10. The molecule has 0 bridgehead atoms. The first-order valence-electron chi connectivity index (χ1n) is 10.5. The maximum Gasteiger partial charge on any atom is 0.208 e. The number of nitrogens with one attached hydrogen (secondary N) is 1. The number of thioether (sulfide) groups is 1. The Bertz CT molecular complexity index is 1170. The molecule has 1 aromatic heterocycles. The minimum atomic E-state index is -3.20. The van der Waals surface area contributed by atoms with Crippen LogP contribution in [0.4, 0.5) is 0 Å². The van der Waals surface area contributed by atoms with Crippen molar-refractivity contribution in [2.75, 3.05) is 18.6 Å². The number of carbonyl (C=O) groups is 1. The molecule has 0 aliphatic carbocycles. The van der Waals surface area contributed by atoms with E-state index in [1.165, 1.54) is 11.8 Å². The third kappa shape index (κ3) is 6.75. The minimum Gasteiger partial charge on any atom is -0.302 e. The summed E-state index contributed by atoms with van der Waals surface area (Å²) in [5, 5.41) is 9.46. The van der Waals surface area contributed by atoms with E-state index in [4.69, 9.17) is 0 Å². The van der Waals surface area contributed by atoms with Gasteiger partial charge in [-0.3, -0.25) is 4.79 Å². The molecule has 1 N–H and O–H groups in total. The molecule has 1 heterocycles. The van der Waals surface area contributed by atoms with Crippen LogP contribution in [0.15, 0.2) is 53.7 Å². The molecule has 0 aliphatic heterocycles. The fourth-order valence-electron chi connectivity index (χ4n) is 3.27. The van der Waals surface area contributed by atoms with E-state index >= 15 is 0 Å². The van der Waals surface area contributed by atoms with Crippen molar-refractivity contribution in [1.29, 1.82) is 0 Å². The Morgan fingerprint density at radius 3 is 2.53 bits per heavy atom. The van der Waals surface area contributed by atoms with Crippen molar-refractivity contribution in [3.8, 4) is 11.4 Å². The normalized spacial score (nSPS) is 11.6. The van der Waals surface area contributed by atoms with Gasteiger partial charge in [-0.15, -0.1) is 10.2 Å². The van der Waals surface area contributed by atoms with Gasteiger partial charge in [0.05, 0.1) is 12.0 Å². The lowest BCUT2D eigenvalue weighted by molar-refractivity contribution is 0.102. The van der Waals surface area contributed by atoms with E-state index < -0.39 is 10.0 Å². The van der Waals surface area contributed by atoms with Gasteiger partial charge in [0, 0.05) is 24.2 Å². The summed E-state index contributed by atoms with van der Waals surface area (Å²) < 4.78 is 26.8. The Morgan fingerprint density at radius 2 is 1.88 bits per heavy atom. The maximum absolute atomic E-state index is 12.7. The number of hydrogen-bond donors (Lipinski definition) is 1. The first kappa shape index (κ1) is 24.2. The molecule has 0 unspecified atom stereocenters. The second-order valence-electron chi connectivity index (χ2n) is 7.65. The van der Waals surface area contributed by atoms with Crippen molar-refractivity contribution in [2.24, 2.45) is 0 Å². The summed E-state index contributed by atoms with van der Waals surface area (Å²) in [6.45, 7) is 5.26. The molecular weight excluding hydrogens is 444 g/mol. The summed E-state index contributed by atoms with van der Waals surface area (Å²) >= 11 is 1.39. The summed E-state index contributed by atoms with van der Waals surface area (Å²) in [7, 11) is -3.20. The van der Waals surface area contributed by atoms with Crippen LogP contribution in [0.25, 0.3) is 11.4 Å². The highest BCUT2D eigenvalue weighted by Crippen LogP contribution is 2.25. The van der Waals surface area contributed by atoms with E-state index in [9.17, 15) is 13.2 Å². The van der Waals surface area contributed by atoms with Crippen molar-refractivity contribution in [1.82, 2.24) is 19.5 Å². The van der Waals surface area contributed by atoms with Crippen molar-refractivity contribution in [3.63, 3.8) is 0 Å².